The molecule has 5 heteroatoms. The zero-order chi connectivity index (χ0) is 21.3. The summed E-state index contributed by atoms with van der Waals surface area (Å²) in [7, 11) is -0.914. The van der Waals surface area contributed by atoms with E-state index < -0.39 is 44.4 Å². The van der Waals surface area contributed by atoms with E-state index in [4.69, 9.17) is 21.6 Å². The van der Waals surface area contributed by atoms with Crippen molar-refractivity contribution in [3.63, 3.8) is 0 Å². The number of nitrogens with zero attached hydrogens (tertiary/aromatic N) is 2. The van der Waals surface area contributed by atoms with Crippen molar-refractivity contribution in [2.24, 2.45) is 0 Å². The highest BCUT2D eigenvalue weighted by Crippen LogP contribution is 2.36. The van der Waals surface area contributed by atoms with Gasteiger partial charge in [-0.1, -0.05) is 6.85 Å². The Bertz CT molecular complexity index is 697. The van der Waals surface area contributed by atoms with Gasteiger partial charge < -0.3 is 9.31 Å². The van der Waals surface area contributed by atoms with Crippen molar-refractivity contribution in [3.8, 4) is 0 Å². The smallest absolute Gasteiger partial charge is 0.399 e. The summed E-state index contributed by atoms with van der Waals surface area (Å²) in [4.78, 5) is 0. The third-order valence-corrected chi connectivity index (χ3v) is 3.48. The molecule has 1 aromatic rings. The van der Waals surface area contributed by atoms with Gasteiger partial charge in [-0.05, 0) is 40.9 Å². The molecule has 0 saturated carbocycles. The molecular weight excluding hydrogens is 227 g/mol. The van der Waals surface area contributed by atoms with Crippen LogP contribution in [0.1, 0.15) is 66.1 Å². The minimum atomic E-state index is -3.41. The molecule has 0 radical (unpaired) electrons. The second-order valence-corrected chi connectivity index (χ2v) is 5.28. The predicted molar refractivity (Wildman–Crippen MR) is 72.9 cm³/mol. The van der Waals surface area contributed by atoms with E-state index >= 15 is 0 Å². The van der Waals surface area contributed by atoms with Crippen molar-refractivity contribution in [1.82, 2.24) is 9.78 Å². The highest BCUT2D eigenvalue weighted by molar-refractivity contribution is 6.61. The standard InChI is InChI=1S/C13H23BN2O2/c1-7-10(2)16-9-11(8-15-16)14-17-12(3,4)13(5,6)18-14/h8-10H,7H2,1-6H3/i1D3,2D3,7D2,10D. The zero-order valence-electron chi connectivity index (χ0n) is 19.9. The van der Waals surface area contributed by atoms with Gasteiger partial charge in [0.2, 0.25) is 0 Å². The second kappa shape index (κ2) is 4.39. The van der Waals surface area contributed by atoms with E-state index in [1.54, 1.807) is 0 Å². The molecule has 1 atom stereocenters. The topological polar surface area (TPSA) is 36.3 Å². The third kappa shape index (κ3) is 2.21. The molecule has 1 aliphatic rings. The van der Waals surface area contributed by atoms with E-state index in [1.807, 2.05) is 27.7 Å². The lowest BCUT2D eigenvalue weighted by Crippen LogP contribution is -2.41. The van der Waals surface area contributed by atoms with Crippen LogP contribution in [0.5, 0.6) is 0 Å². The molecule has 2 heterocycles. The number of rotatable bonds is 3. The lowest BCUT2D eigenvalue weighted by atomic mass is 9.82. The Labute approximate surface area is 122 Å². The Morgan fingerprint density at radius 1 is 1.50 bits per heavy atom. The molecule has 2 rings (SSSR count). The van der Waals surface area contributed by atoms with Crippen molar-refractivity contribution in [2.45, 2.75) is 65.0 Å². The van der Waals surface area contributed by atoms with Crippen molar-refractivity contribution >= 4 is 12.6 Å². The van der Waals surface area contributed by atoms with Gasteiger partial charge in [-0.25, -0.2) is 0 Å². The minimum absolute atomic E-state index is 0.260. The normalized spacial score (nSPS) is 34.7. The van der Waals surface area contributed by atoms with Crippen LogP contribution < -0.4 is 5.46 Å². The van der Waals surface area contributed by atoms with Crippen LogP contribution in [0.4, 0.5) is 0 Å². The Morgan fingerprint density at radius 3 is 2.72 bits per heavy atom. The van der Waals surface area contributed by atoms with Gasteiger partial charge in [0.15, 0.2) is 0 Å². The Hall–Kier alpha value is -0.805. The fraction of sp³-hybridized carbons (Fsp3) is 0.769. The third-order valence-electron chi connectivity index (χ3n) is 3.48. The monoisotopic (exact) mass is 259 g/mol. The summed E-state index contributed by atoms with van der Waals surface area (Å²) in [5.74, 6) is 0. The fourth-order valence-electron chi connectivity index (χ4n) is 1.62. The van der Waals surface area contributed by atoms with Gasteiger partial charge in [-0.2, -0.15) is 5.10 Å². The first-order valence-corrected chi connectivity index (χ1v) is 5.69. The molecule has 1 fully saturated rings. The summed E-state index contributed by atoms with van der Waals surface area (Å²) < 4.78 is 81.4. The molecule has 1 aromatic heterocycles. The summed E-state index contributed by atoms with van der Waals surface area (Å²) in [6, 6.07) is -3.19. The fourth-order valence-corrected chi connectivity index (χ4v) is 1.62. The van der Waals surface area contributed by atoms with E-state index in [-0.39, 0.29) is 5.46 Å². The maximum atomic E-state index is 8.33. The molecule has 1 saturated heterocycles. The predicted octanol–water partition coefficient (Wildman–Crippen LogP) is 2.15. The van der Waals surface area contributed by atoms with Crippen molar-refractivity contribution in [3.05, 3.63) is 12.4 Å². The van der Waals surface area contributed by atoms with E-state index in [2.05, 4.69) is 5.10 Å². The van der Waals surface area contributed by atoms with E-state index in [0.29, 0.717) is 4.68 Å². The van der Waals surface area contributed by atoms with Crippen LogP contribution in [0.25, 0.3) is 0 Å². The second-order valence-electron chi connectivity index (χ2n) is 5.28. The van der Waals surface area contributed by atoms with Crippen LogP contribution in [0.3, 0.4) is 0 Å². The van der Waals surface area contributed by atoms with Crippen LogP contribution in [-0.2, 0) is 9.31 Å². The average molecular weight is 259 g/mol. The van der Waals surface area contributed by atoms with Crippen LogP contribution >= 0.6 is 0 Å². The summed E-state index contributed by atoms with van der Waals surface area (Å²) in [6.45, 7) is 0.608. The summed E-state index contributed by atoms with van der Waals surface area (Å²) in [5.41, 5.74) is -1.08. The van der Waals surface area contributed by atoms with Crippen LogP contribution in [-0.4, -0.2) is 28.1 Å². The van der Waals surface area contributed by atoms with Crippen molar-refractivity contribution in [1.29, 1.82) is 0 Å². The molecule has 18 heavy (non-hydrogen) atoms. The first kappa shape index (κ1) is 6.10. The van der Waals surface area contributed by atoms with Gasteiger partial charge in [0.1, 0.15) is 0 Å². The van der Waals surface area contributed by atoms with Gasteiger partial charge in [0, 0.05) is 34.8 Å². The number of hydrogen-bond acceptors (Lipinski definition) is 3. The largest absolute Gasteiger partial charge is 0.498 e. The zero-order valence-corrected chi connectivity index (χ0v) is 10.9. The molecule has 1 aliphatic heterocycles. The quantitative estimate of drug-likeness (QED) is 0.780. The maximum absolute atomic E-state index is 8.33. The molecular formula is C13H23BN2O2. The molecule has 0 aliphatic carbocycles. The van der Waals surface area contributed by atoms with Gasteiger partial charge in [-0.15, -0.1) is 0 Å². The van der Waals surface area contributed by atoms with Gasteiger partial charge in [0.05, 0.1) is 12.6 Å². The Morgan fingerprint density at radius 2 is 2.17 bits per heavy atom. The first-order chi connectivity index (χ1) is 11.8. The molecule has 0 aromatic carbocycles. The highest BCUT2D eigenvalue weighted by atomic mass is 16.7. The average Bonchev–Trinajstić information content (AvgIpc) is 2.99. The summed E-state index contributed by atoms with van der Waals surface area (Å²) in [5, 5.41) is 3.79. The summed E-state index contributed by atoms with van der Waals surface area (Å²) >= 11 is 0. The van der Waals surface area contributed by atoms with Crippen LogP contribution in [0.2, 0.25) is 0 Å². The molecule has 1 unspecified atom stereocenters. The molecule has 0 N–H and O–H groups in total. The molecule has 4 nitrogen and oxygen atoms in total. The molecule has 0 spiro atoms. The van der Waals surface area contributed by atoms with E-state index in [0.717, 1.165) is 6.20 Å². The van der Waals surface area contributed by atoms with Gasteiger partial charge in [-0.3, -0.25) is 4.68 Å². The molecule has 0 amide bonds. The number of hydrogen-bond donors (Lipinski definition) is 0. The minimum Gasteiger partial charge on any atom is -0.399 e. The van der Waals surface area contributed by atoms with Gasteiger partial charge >= 0.3 is 7.12 Å². The first-order valence-electron chi connectivity index (χ1n) is 10.2. The molecule has 100 valence electrons. The van der Waals surface area contributed by atoms with Crippen molar-refractivity contribution in [2.75, 3.05) is 0 Å². The maximum Gasteiger partial charge on any atom is 0.498 e. The lowest BCUT2D eigenvalue weighted by Gasteiger charge is -2.32. The molecule has 0 bridgehead atoms. The SMILES string of the molecule is [2H]C([2H])([2H])C([2H])([2H])C([2H])(n1cc(B2OC(C)(C)C(C)(C)O2)cn1)C([2H])([2H])[2H]. The van der Waals surface area contributed by atoms with Crippen molar-refractivity contribution < 1.29 is 21.6 Å². The lowest BCUT2D eigenvalue weighted by molar-refractivity contribution is 0.00578. The number of aromatic nitrogens is 2. The van der Waals surface area contributed by atoms with Gasteiger partial charge in [0.25, 0.3) is 0 Å². The van der Waals surface area contributed by atoms with E-state index in [1.165, 1.54) is 6.20 Å². The Balaban J connectivity index is 2.51. The van der Waals surface area contributed by atoms with Crippen LogP contribution in [0, 0.1) is 0 Å². The highest BCUT2D eigenvalue weighted by Gasteiger charge is 2.52. The van der Waals surface area contributed by atoms with Crippen LogP contribution in [0.15, 0.2) is 12.4 Å². The van der Waals surface area contributed by atoms with E-state index in [9.17, 15) is 0 Å². The summed E-state index contributed by atoms with van der Waals surface area (Å²) in [6.07, 6.45) is -1.14. The Kier molecular flexibility index (Phi) is 1.49.